The van der Waals surface area contributed by atoms with E-state index < -0.39 is 12.0 Å². The van der Waals surface area contributed by atoms with E-state index in [1.807, 2.05) is 29.3 Å². The number of nitrogens with zero attached hydrogens (tertiary/aromatic N) is 4. The van der Waals surface area contributed by atoms with Crippen molar-refractivity contribution < 1.29 is 9.90 Å². The number of imidazole rings is 2. The molecule has 1 atom stereocenters. The highest BCUT2D eigenvalue weighted by Crippen LogP contribution is 2.28. The zero-order chi connectivity index (χ0) is 17.2. The molecule has 3 heterocycles. The van der Waals surface area contributed by atoms with Crippen molar-refractivity contribution in [3.63, 3.8) is 0 Å². The molecule has 7 heteroatoms. The maximum Gasteiger partial charge on any atom is 0.327 e. The number of benzene rings is 1. The first kappa shape index (κ1) is 15.6. The first-order valence-corrected chi connectivity index (χ1v) is 8.25. The van der Waals surface area contributed by atoms with Crippen LogP contribution in [0, 0.1) is 0 Å². The Morgan fingerprint density at radius 3 is 2.88 bits per heavy atom. The van der Waals surface area contributed by atoms with E-state index in [9.17, 15) is 9.90 Å². The van der Waals surface area contributed by atoms with Gasteiger partial charge in [-0.25, -0.2) is 9.97 Å². The number of aromatic amines is 1. The molecular formula is C18H19N5O2. The molecule has 1 aromatic carbocycles. The van der Waals surface area contributed by atoms with Gasteiger partial charge in [0.2, 0.25) is 0 Å². The summed E-state index contributed by atoms with van der Waals surface area (Å²) >= 11 is 0. The second kappa shape index (κ2) is 6.52. The van der Waals surface area contributed by atoms with Gasteiger partial charge in [-0.2, -0.15) is 0 Å². The van der Waals surface area contributed by atoms with Crippen LogP contribution < -0.4 is 0 Å². The standard InChI is InChI=1S/C18H19N5O2/c24-18(25)17-16-14(20-12-21-16)6-8-23(17)11-15-19-7-9-22(15)10-13-4-2-1-3-5-13/h1-5,7,9,12,17H,6,8,10-11H2,(H,20,21)(H,24,25)/t17-/m1/s1. The molecule has 0 unspecified atom stereocenters. The largest absolute Gasteiger partial charge is 0.480 e. The molecule has 0 saturated heterocycles. The maximum absolute atomic E-state index is 11.8. The first-order chi connectivity index (χ1) is 12.2. The van der Waals surface area contributed by atoms with E-state index >= 15 is 0 Å². The lowest BCUT2D eigenvalue weighted by atomic mass is 10.0. The van der Waals surface area contributed by atoms with E-state index in [2.05, 4.69) is 31.7 Å². The number of aromatic nitrogens is 4. The Morgan fingerprint density at radius 1 is 1.24 bits per heavy atom. The van der Waals surface area contributed by atoms with Gasteiger partial charge < -0.3 is 14.7 Å². The van der Waals surface area contributed by atoms with Crippen molar-refractivity contribution in [1.29, 1.82) is 0 Å². The third kappa shape index (κ3) is 3.06. The van der Waals surface area contributed by atoms with Gasteiger partial charge in [-0.05, 0) is 5.56 Å². The summed E-state index contributed by atoms with van der Waals surface area (Å²) in [5.74, 6) is -0.0247. The summed E-state index contributed by atoms with van der Waals surface area (Å²) in [5, 5.41) is 9.68. The van der Waals surface area contributed by atoms with Crippen LogP contribution >= 0.6 is 0 Å². The zero-order valence-electron chi connectivity index (χ0n) is 13.7. The van der Waals surface area contributed by atoms with Crippen LogP contribution in [0.15, 0.2) is 49.1 Å². The lowest BCUT2D eigenvalue weighted by Gasteiger charge is -2.31. The van der Waals surface area contributed by atoms with Crippen LogP contribution in [0.2, 0.25) is 0 Å². The molecule has 0 radical (unpaired) electrons. The van der Waals surface area contributed by atoms with E-state index in [1.165, 1.54) is 5.56 Å². The zero-order valence-corrected chi connectivity index (χ0v) is 13.7. The quantitative estimate of drug-likeness (QED) is 0.742. The SMILES string of the molecule is O=C(O)[C@H]1c2nc[nH]c2CCN1Cc1nccn1Cc1ccccc1. The first-order valence-electron chi connectivity index (χ1n) is 8.25. The molecule has 4 rings (SSSR count). The number of rotatable bonds is 5. The monoisotopic (exact) mass is 337 g/mol. The van der Waals surface area contributed by atoms with Crippen LogP contribution in [-0.4, -0.2) is 42.0 Å². The van der Waals surface area contributed by atoms with Gasteiger partial charge in [0.1, 0.15) is 5.82 Å². The molecule has 0 bridgehead atoms. The van der Waals surface area contributed by atoms with Gasteiger partial charge in [0.05, 0.1) is 18.6 Å². The van der Waals surface area contributed by atoms with Crippen molar-refractivity contribution in [3.8, 4) is 0 Å². The van der Waals surface area contributed by atoms with Crippen LogP contribution in [0.4, 0.5) is 0 Å². The number of H-pyrrole nitrogens is 1. The molecule has 1 aliphatic heterocycles. The molecule has 1 aliphatic rings. The Hall–Kier alpha value is -2.93. The Morgan fingerprint density at radius 2 is 2.08 bits per heavy atom. The fourth-order valence-electron chi connectivity index (χ4n) is 3.37. The number of carbonyl (C=O) groups is 1. The molecule has 0 amide bonds. The summed E-state index contributed by atoms with van der Waals surface area (Å²) in [4.78, 5) is 25.4. The van der Waals surface area contributed by atoms with E-state index in [4.69, 9.17) is 0 Å². The number of aliphatic carboxylic acids is 1. The number of hydrogen-bond acceptors (Lipinski definition) is 4. The molecule has 0 fully saturated rings. The highest BCUT2D eigenvalue weighted by molar-refractivity contribution is 5.75. The maximum atomic E-state index is 11.8. The minimum atomic E-state index is -0.880. The molecule has 7 nitrogen and oxygen atoms in total. The van der Waals surface area contributed by atoms with Crippen LogP contribution in [0.5, 0.6) is 0 Å². The molecule has 25 heavy (non-hydrogen) atoms. The molecule has 0 saturated carbocycles. The number of nitrogens with one attached hydrogen (secondary N) is 1. The van der Waals surface area contributed by atoms with Crippen molar-refractivity contribution in [2.24, 2.45) is 0 Å². The second-order valence-corrected chi connectivity index (χ2v) is 6.18. The molecule has 2 aromatic heterocycles. The summed E-state index contributed by atoms with van der Waals surface area (Å²) in [7, 11) is 0. The molecule has 0 aliphatic carbocycles. The van der Waals surface area contributed by atoms with E-state index in [-0.39, 0.29) is 0 Å². The van der Waals surface area contributed by atoms with Crippen molar-refractivity contribution >= 4 is 5.97 Å². The third-order valence-corrected chi connectivity index (χ3v) is 4.60. The van der Waals surface area contributed by atoms with Gasteiger partial charge in [-0.1, -0.05) is 30.3 Å². The molecule has 2 N–H and O–H groups in total. The van der Waals surface area contributed by atoms with Crippen molar-refractivity contribution in [3.05, 3.63) is 71.8 Å². The number of carboxylic acids is 1. The lowest BCUT2D eigenvalue weighted by molar-refractivity contribution is -0.144. The minimum Gasteiger partial charge on any atom is -0.480 e. The fraction of sp³-hybridized carbons (Fsp3) is 0.278. The fourth-order valence-corrected chi connectivity index (χ4v) is 3.37. The van der Waals surface area contributed by atoms with E-state index in [0.717, 1.165) is 24.5 Å². The van der Waals surface area contributed by atoms with E-state index in [1.54, 1.807) is 12.5 Å². The summed E-state index contributed by atoms with van der Waals surface area (Å²) in [6.45, 7) is 1.85. The normalized spacial score (nSPS) is 17.4. The number of hydrogen-bond donors (Lipinski definition) is 2. The minimum absolute atomic E-state index is 0.475. The molecule has 0 spiro atoms. The predicted octanol–water partition coefficient (Wildman–Crippen LogP) is 1.84. The molecule has 128 valence electrons. The Labute approximate surface area is 145 Å². The summed E-state index contributed by atoms with van der Waals surface area (Å²) in [6.07, 6.45) is 6.03. The molecular weight excluding hydrogens is 318 g/mol. The predicted molar refractivity (Wildman–Crippen MR) is 90.8 cm³/mol. The van der Waals surface area contributed by atoms with Gasteiger partial charge in [-0.3, -0.25) is 9.69 Å². The number of fused-ring (bicyclic) bond motifs is 1. The average molecular weight is 337 g/mol. The highest BCUT2D eigenvalue weighted by Gasteiger charge is 2.35. The molecule has 3 aromatic rings. The summed E-state index contributed by atoms with van der Waals surface area (Å²) in [5.41, 5.74) is 2.71. The van der Waals surface area contributed by atoms with Gasteiger partial charge in [0.25, 0.3) is 0 Å². The Bertz CT molecular complexity index is 870. The summed E-state index contributed by atoms with van der Waals surface area (Å²) in [6, 6.07) is 9.41. The van der Waals surface area contributed by atoms with Crippen LogP contribution in [0.3, 0.4) is 0 Å². The second-order valence-electron chi connectivity index (χ2n) is 6.18. The summed E-state index contributed by atoms with van der Waals surface area (Å²) < 4.78 is 2.06. The van der Waals surface area contributed by atoms with Gasteiger partial charge in [0, 0.05) is 37.6 Å². The Kier molecular flexibility index (Phi) is 4.07. The average Bonchev–Trinajstić information content (AvgIpc) is 3.25. The highest BCUT2D eigenvalue weighted by atomic mass is 16.4. The van der Waals surface area contributed by atoms with Gasteiger partial charge in [0.15, 0.2) is 6.04 Å². The van der Waals surface area contributed by atoms with Crippen LogP contribution in [-0.2, 0) is 24.3 Å². The number of carboxylic acid groups (broad SMARTS) is 1. The van der Waals surface area contributed by atoms with Crippen molar-refractivity contribution in [1.82, 2.24) is 24.4 Å². The topological polar surface area (TPSA) is 87.0 Å². The van der Waals surface area contributed by atoms with Gasteiger partial charge in [-0.15, -0.1) is 0 Å². The van der Waals surface area contributed by atoms with Crippen molar-refractivity contribution in [2.45, 2.75) is 25.6 Å². The smallest absolute Gasteiger partial charge is 0.327 e. The van der Waals surface area contributed by atoms with Gasteiger partial charge >= 0.3 is 5.97 Å². The van der Waals surface area contributed by atoms with E-state index in [0.29, 0.717) is 18.8 Å². The third-order valence-electron chi connectivity index (χ3n) is 4.60. The van der Waals surface area contributed by atoms with Crippen molar-refractivity contribution in [2.75, 3.05) is 6.54 Å². The van der Waals surface area contributed by atoms with Crippen LogP contribution in [0.1, 0.15) is 28.8 Å². The van der Waals surface area contributed by atoms with Crippen LogP contribution in [0.25, 0.3) is 0 Å². The Balaban J connectivity index is 1.57. The lowest BCUT2D eigenvalue weighted by Crippen LogP contribution is -2.40.